The van der Waals surface area contributed by atoms with Crippen LogP contribution in [0.4, 0.5) is 0 Å². The van der Waals surface area contributed by atoms with E-state index in [0.717, 1.165) is 24.1 Å². The third-order valence-corrected chi connectivity index (χ3v) is 2.11. The molecule has 2 heteroatoms. The van der Waals surface area contributed by atoms with Gasteiger partial charge in [0.25, 0.3) is 0 Å². The Labute approximate surface area is 99.6 Å². The minimum Gasteiger partial charge on any atom is -0.325 e. The maximum Gasteiger partial charge on any atom is 0.0406 e. The molecule has 0 aliphatic carbocycles. The van der Waals surface area contributed by atoms with Gasteiger partial charge < -0.3 is 5.73 Å². The number of aliphatic imine (C=N–C) groups is 1. The third kappa shape index (κ3) is 9.41. The lowest BCUT2D eigenvalue weighted by molar-refractivity contribution is 0.485. The molecule has 0 unspecified atom stereocenters. The maximum absolute atomic E-state index is 5.86. The van der Waals surface area contributed by atoms with Gasteiger partial charge in [0.1, 0.15) is 0 Å². The molecule has 0 aliphatic rings. The van der Waals surface area contributed by atoms with Crippen molar-refractivity contribution in [3.8, 4) is 0 Å². The first kappa shape index (κ1) is 14.8. The van der Waals surface area contributed by atoms with E-state index in [4.69, 9.17) is 5.73 Å². The van der Waals surface area contributed by atoms with E-state index in [1.54, 1.807) is 0 Å². The van der Waals surface area contributed by atoms with Crippen molar-refractivity contribution < 1.29 is 0 Å². The van der Waals surface area contributed by atoms with E-state index in [9.17, 15) is 0 Å². The Morgan fingerprint density at radius 2 is 1.81 bits per heavy atom. The largest absolute Gasteiger partial charge is 0.325 e. The van der Waals surface area contributed by atoms with Crippen molar-refractivity contribution in [1.82, 2.24) is 0 Å². The molecule has 16 heavy (non-hydrogen) atoms. The highest BCUT2D eigenvalue weighted by atomic mass is 14.8. The summed E-state index contributed by atoms with van der Waals surface area (Å²) < 4.78 is 0. The van der Waals surface area contributed by atoms with Gasteiger partial charge in [-0.2, -0.15) is 0 Å². The Balaban J connectivity index is 4.10. The van der Waals surface area contributed by atoms with Crippen LogP contribution < -0.4 is 5.73 Å². The number of rotatable bonds is 6. The van der Waals surface area contributed by atoms with Crippen molar-refractivity contribution in [3.05, 3.63) is 36.0 Å². The lowest BCUT2D eigenvalue weighted by Crippen LogP contribution is -2.32. The Morgan fingerprint density at radius 3 is 2.31 bits per heavy atom. The summed E-state index contributed by atoms with van der Waals surface area (Å²) in [5, 5.41) is 0. The molecule has 0 fully saturated rings. The molecule has 0 spiro atoms. The first-order valence-corrected chi connectivity index (χ1v) is 5.61. The number of allylic oxidation sites excluding steroid dienone is 5. The fourth-order valence-electron chi connectivity index (χ4n) is 0.935. The molecule has 0 aromatic rings. The second-order valence-corrected chi connectivity index (χ2v) is 4.80. The van der Waals surface area contributed by atoms with Crippen molar-refractivity contribution in [3.63, 3.8) is 0 Å². The fourth-order valence-corrected chi connectivity index (χ4v) is 0.935. The zero-order chi connectivity index (χ0) is 12.6. The highest BCUT2D eigenvalue weighted by molar-refractivity contribution is 5.78. The molecule has 0 radical (unpaired) electrons. The third-order valence-electron chi connectivity index (χ3n) is 2.11. The molecule has 0 aliphatic heterocycles. The van der Waals surface area contributed by atoms with Gasteiger partial charge >= 0.3 is 0 Å². The zero-order valence-electron chi connectivity index (χ0n) is 11.0. The van der Waals surface area contributed by atoms with Crippen LogP contribution in [0, 0.1) is 0 Å². The van der Waals surface area contributed by atoms with Crippen LogP contribution in [0.3, 0.4) is 0 Å². The minimum absolute atomic E-state index is 0.131. The lowest BCUT2D eigenvalue weighted by atomic mass is 10.0. The first-order chi connectivity index (χ1) is 7.35. The molecule has 0 atom stereocenters. The van der Waals surface area contributed by atoms with Crippen LogP contribution in [0.15, 0.2) is 40.9 Å². The van der Waals surface area contributed by atoms with E-state index >= 15 is 0 Å². The summed E-state index contributed by atoms with van der Waals surface area (Å²) in [5.41, 5.74) is 8.01. The van der Waals surface area contributed by atoms with Crippen molar-refractivity contribution in [2.45, 2.75) is 39.7 Å². The monoisotopic (exact) mass is 220 g/mol. The zero-order valence-corrected chi connectivity index (χ0v) is 11.0. The van der Waals surface area contributed by atoms with Crippen LogP contribution in [0.2, 0.25) is 0 Å². The van der Waals surface area contributed by atoms with E-state index in [2.05, 4.69) is 11.6 Å². The molecule has 0 rings (SSSR count). The average Bonchev–Trinajstić information content (AvgIpc) is 2.19. The summed E-state index contributed by atoms with van der Waals surface area (Å²) in [6.45, 7) is 12.6. The van der Waals surface area contributed by atoms with Crippen molar-refractivity contribution in [2.75, 3.05) is 6.54 Å². The van der Waals surface area contributed by atoms with E-state index < -0.39 is 0 Å². The highest BCUT2D eigenvalue weighted by Crippen LogP contribution is 2.03. The first-order valence-electron chi connectivity index (χ1n) is 5.61. The molecule has 0 saturated carbocycles. The van der Waals surface area contributed by atoms with Gasteiger partial charge in [-0.25, -0.2) is 0 Å². The van der Waals surface area contributed by atoms with Crippen LogP contribution in [0.5, 0.6) is 0 Å². The predicted octanol–water partition coefficient (Wildman–Crippen LogP) is 3.26. The quantitative estimate of drug-likeness (QED) is 0.541. The molecule has 0 saturated heterocycles. The molecule has 0 aromatic heterocycles. The standard InChI is InChI=1S/C14H24N2/c1-6-12(2)7-8-13(3)11-16-10-9-14(4,5)15/h6-8,11H,1,9-10,15H2,2-5H3/b12-7+,13-8+,16-11?. The summed E-state index contributed by atoms with van der Waals surface area (Å²) >= 11 is 0. The highest BCUT2D eigenvalue weighted by Gasteiger charge is 2.08. The summed E-state index contributed by atoms with van der Waals surface area (Å²) in [5.74, 6) is 0. The molecule has 0 bridgehead atoms. The van der Waals surface area contributed by atoms with E-state index in [0.29, 0.717) is 0 Å². The van der Waals surface area contributed by atoms with E-state index in [-0.39, 0.29) is 5.54 Å². The topological polar surface area (TPSA) is 38.4 Å². The molecular weight excluding hydrogens is 196 g/mol. The van der Waals surface area contributed by atoms with Gasteiger partial charge in [-0.1, -0.05) is 30.4 Å². The Hall–Kier alpha value is -1.15. The van der Waals surface area contributed by atoms with Crippen molar-refractivity contribution >= 4 is 6.21 Å². The SMILES string of the molecule is C=C/C(C)=C/C=C(\C)C=NCCC(C)(C)N. The summed E-state index contributed by atoms with van der Waals surface area (Å²) in [6, 6.07) is 0. The van der Waals surface area contributed by atoms with E-state index in [1.165, 1.54) is 0 Å². The van der Waals surface area contributed by atoms with Crippen LogP contribution in [-0.4, -0.2) is 18.3 Å². The Bertz CT molecular complexity index is 301. The van der Waals surface area contributed by atoms with Crippen LogP contribution in [-0.2, 0) is 0 Å². The smallest absolute Gasteiger partial charge is 0.0406 e. The molecule has 0 aromatic carbocycles. The molecule has 0 heterocycles. The van der Waals surface area contributed by atoms with Gasteiger partial charge in [0.2, 0.25) is 0 Å². The van der Waals surface area contributed by atoms with E-state index in [1.807, 2.05) is 52.1 Å². The lowest BCUT2D eigenvalue weighted by Gasteiger charge is -2.15. The van der Waals surface area contributed by atoms with Gasteiger partial charge in [-0.05, 0) is 39.7 Å². The molecule has 0 amide bonds. The molecule has 2 N–H and O–H groups in total. The predicted molar refractivity (Wildman–Crippen MR) is 74.0 cm³/mol. The number of hydrogen-bond donors (Lipinski definition) is 1. The molecule has 2 nitrogen and oxygen atoms in total. The second-order valence-electron chi connectivity index (χ2n) is 4.80. The maximum atomic E-state index is 5.86. The Morgan fingerprint density at radius 1 is 1.25 bits per heavy atom. The summed E-state index contributed by atoms with van der Waals surface area (Å²) in [7, 11) is 0. The van der Waals surface area contributed by atoms with Crippen LogP contribution in [0.1, 0.15) is 34.1 Å². The van der Waals surface area contributed by atoms with Crippen LogP contribution >= 0.6 is 0 Å². The fraction of sp³-hybridized carbons (Fsp3) is 0.500. The number of nitrogens with zero attached hydrogens (tertiary/aromatic N) is 1. The molecule has 90 valence electrons. The normalized spacial score (nSPS) is 14.6. The Kier molecular flexibility index (Phi) is 6.66. The molecular formula is C14H24N2. The van der Waals surface area contributed by atoms with Crippen molar-refractivity contribution in [1.29, 1.82) is 0 Å². The van der Waals surface area contributed by atoms with Gasteiger partial charge in [-0.15, -0.1) is 0 Å². The van der Waals surface area contributed by atoms with Gasteiger partial charge in [0.05, 0.1) is 0 Å². The van der Waals surface area contributed by atoms with Gasteiger partial charge in [0, 0.05) is 18.3 Å². The minimum atomic E-state index is -0.131. The second kappa shape index (κ2) is 7.18. The summed E-state index contributed by atoms with van der Waals surface area (Å²) in [6.07, 6.45) is 8.68. The van der Waals surface area contributed by atoms with Crippen LogP contribution in [0.25, 0.3) is 0 Å². The number of nitrogens with two attached hydrogens (primary N) is 1. The van der Waals surface area contributed by atoms with Gasteiger partial charge in [0.15, 0.2) is 0 Å². The summed E-state index contributed by atoms with van der Waals surface area (Å²) in [4.78, 5) is 4.33. The van der Waals surface area contributed by atoms with Crippen molar-refractivity contribution in [2.24, 2.45) is 10.7 Å². The van der Waals surface area contributed by atoms with Gasteiger partial charge in [-0.3, -0.25) is 4.99 Å². The number of hydrogen-bond acceptors (Lipinski definition) is 2. The average molecular weight is 220 g/mol.